The number of amides is 2. The minimum Gasteiger partial charge on any atom is -0.459 e. The first-order valence-electron chi connectivity index (χ1n) is 7.51. The zero-order chi connectivity index (χ0) is 17.0. The lowest BCUT2D eigenvalue weighted by Gasteiger charge is -2.37. The lowest BCUT2D eigenvalue weighted by Crippen LogP contribution is -2.57. The maximum Gasteiger partial charge on any atom is 0.410 e. The number of furan rings is 1. The molecule has 1 aliphatic rings. The van der Waals surface area contributed by atoms with Gasteiger partial charge in [-0.15, -0.1) is 0 Å². The lowest BCUT2D eigenvalue weighted by atomic mass is 10.2. The molecule has 0 spiro atoms. The second kappa shape index (κ2) is 7.01. The molecule has 2 amide bonds. The molecule has 128 valence electrons. The number of nitrogens with zero attached hydrogens (tertiary/aromatic N) is 2. The van der Waals surface area contributed by atoms with Gasteiger partial charge in [0.1, 0.15) is 5.60 Å². The van der Waals surface area contributed by atoms with E-state index in [0.717, 1.165) is 0 Å². The molecule has 1 atom stereocenters. The molecule has 0 aliphatic carbocycles. The van der Waals surface area contributed by atoms with Crippen LogP contribution in [0.5, 0.6) is 0 Å². The van der Waals surface area contributed by atoms with E-state index in [9.17, 15) is 14.7 Å². The summed E-state index contributed by atoms with van der Waals surface area (Å²) in [6.45, 7) is 7.14. The van der Waals surface area contributed by atoms with E-state index in [0.29, 0.717) is 26.2 Å². The molecule has 0 aromatic carbocycles. The first-order chi connectivity index (χ1) is 10.8. The van der Waals surface area contributed by atoms with Gasteiger partial charge in [-0.25, -0.2) is 4.79 Å². The predicted molar refractivity (Wildman–Crippen MR) is 81.6 cm³/mol. The molecular weight excluding hydrogens is 302 g/mol. The van der Waals surface area contributed by atoms with E-state index in [4.69, 9.17) is 9.15 Å². The third-order valence-electron chi connectivity index (χ3n) is 3.32. The number of ether oxygens (including phenoxy) is 1. The van der Waals surface area contributed by atoms with Crippen LogP contribution in [0.2, 0.25) is 0 Å². The fraction of sp³-hybridized carbons (Fsp3) is 0.600. The van der Waals surface area contributed by atoms with Crippen molar-refractivity contribution in [3.63, 3.8) is 0 Å². The number of hydrogen-bond donors (Lipinski definition) is 2. The Morgan fingerprint density at radius 1 is 1.30 bits per heavy atom. The quantitative estimate of drug-likeness (QED) is 0.800. The van der Waals surface area contributed by atoms with E-state index in [1.54, 1.807) is 15.9 Å². The third-order valence-corrected chi connectivity index (χ3v) is 3.32. The molecule has 8 nitrogen and oxygen atoms in total. The Morgan fingerprint density at radius 2 is 1.96 bits per heavy atom. The van der Waals surface area contributed by atoms with Crippen LogP contribution < -0.4 is 5.32 Å². The van der Waals surface area contributed by atoms with Crippen LogP contribution in [0.15, 0.2) is 22.8 Å². The summed E-state index contributed by atoms with van der Waals surface area (Å²) in [6, 6.07) is 3.11. The van der Waals surface area contributed by atoms with Crippen molar-refractivity contribution in [3.05, 3.63) is 24.2 Å². The molecular formula is C15H23N3O5. The number of carbonyl (C=O) groups is 2. The molecule has 23 heavy (non-hydrogen) atoms. The standard InChI is InChI=1S/C15H23N3O5/c1-15(2,3)23-14(21)18-8-6-17(7-9-18)13(20)16-12(19)11-5-4-10-22-11/h4-5,10,13,20H,6-9H2,1-3H3,(H,16,19). The Balaban J connectivity index is 1.79. The molecule has 0 bridgehead atoms. The number of rotatable bonds is 3. The number of carbonyl (C=O) groups excluding carboxylic acids is 2. The van der Waals surface area contributed by atoms with Gasteiger partial charge in [-0.3, -0.25) is 9.69 Å². The van der Waals surface area contributed by atoms with Gasteiger partial charge in [0.05, 0.1) is 6.26 Å². The summed E-state index contributed by atoms with van der Waals surface area (Å²) in [5.41, 5.74) is -0.537. The summed E-state index contributed by atoms with van der Waals surface area (Å²) in [4.78, 5) is 27.0. The second-order valence-corrected chi connectivity index (χ2v) is 6.33. The van der Waals surface area contributed by atoms with Crippen molar-refractivity contribution in [2.75, 3.05) is 26.2 Å². The summed E-state index contributed by atoms with van der Waals surface area (Å²) >= 11 is 0. The second-order valence-electron chi connectivity index (χ2n) is 6.33. The molecule has 2 heterocycles. The summed E-state index contributed by atoms with van der Waals surface area (Å²) in [6.07, 6.45) is -0.111. The van der Waals surface area contributed by atoms with Gasteiger partial charge in [0.25, 0.3) is 5.91 Å². The highest BCUT2D eigenvalue weighted by Gasteiger charge is 2.29. The largest absolute Gasteiger partial charge is 0.459 e. The van der Waals surface area contributed by atoms with Crippen molar-refractivity contribution in [2.45, 2.75) is 32.7 Å². The predicted octanol–water partition coefficient (Wildman–Crippen LogP) is 0.838. The van der Waals surface area contributed by atoms with E-state index >= 15 is 0 Å². The molecule has 1 saturated heterocycles. The van der Waals surface area contributed by atoms with Crippen LogP contribution in [0.3, 0.4) is 0 Å². The normalized spacial score (nSPS) is 17.7. The van der Waals surface area contributed by atoms with Gasteiger partial charge in [-0.05, 0) is 32.9 Å². The molecule has 0 saturated carbocycles. The zero-order valence-electron chi connectivity index (χ0n) is 13.6. The highest BCUT2D eigenvalue weighted by Crippen LogP contribution is 2.12. The minimum atomic E-state index is -1.13. The van der Waals surface area contributed by atoms with Crippen LogP contribution in [-0.2, 0) is 4.74 Å². The van der Waals surface area contributed by atoms with E-state index in [1.807, 2.05) is 20.8 Å². The summed E-state index contributed by atoms with van der Waals surface area (Å²) in [5, 5.41) is 12.5. The molecule has 2 rings (SSSR count). The molecule has 1 aromatic heterocycles. The highest BCUT2D eigenvalue weighted by atomic mass is 16.6. The van der Waals surface area contributed by atoms with Crippen LogP contribution in [0.25, 0.3) is 0 Å². The highest BCUT2D eigenvalue weighted by molar-refractivity contribution is 5.91. The van der Waals surface area contributed by atoms with Crippen LogP contribution in [0.1, 0.15) is 31.3 Å². The third kappa shape index (κ3) is 4.97. The Hall–Kier alpha value is -2.06. The maximum atomic E-state index is 12.0. The monoisotopic (exact) mass is 325 g/mol. The van der Waals surface area contributed by atoms with Crippen molar-refractivity contribution in [1.82, 2.24) is 15.1 Å². The SMILES string of the molecule is CC(C)(C)OC(=O)N1CCN(C(O)NC(=O)c2ccco2)CC1. The Morgan fingerprint density at radius 3 is 2.48 bits per heavy atom. The molecule has 1 aromatic rings. The van der Waals surface area contributed by atoms with Crippen molar-refractivity contribution < 1.29 is 23.8 Å². The van der Waals surface area contributed by atoms with Crippen LogP contribution >= 0.6 is 0 Å². The van der Waals surface area contributed by atoms with Gasteiger partial charge < -0.3 is 24.5 Å². The van der Waals surface area contributed by atoms with Crippen LogP contribution in [0.4, 0.5) is 4.79 Å². The maximum absolute atomic E-state index is 12.0. The van der Waals surface area contributed by atoms with Gasteiger partial charge in [0.2, 0.25) is 0 Å². The Kier molecular flexibility index (Phi) is 5.27. The van der Waals surface area contributed by atoms with Gasteiger partial charge >= 0.3 is 6.09 Å². The number of nitrogens with one attached hydrogen (secondary N) is 1. The van der Waals surface area contributed by atoms with E-state index in [2.05, 4.69) is 5.32 Å². The van der Waals surface area contributed by atoms with Crippen LogP contribution in [-0.4, -0.2) is 65.0 Å². The zero-order valence-corrected chi connectivity index (χ0v) is 13.6. The average molecular weight is 325 g/mol. The topological polar surface area (TPSA) is 95.3 Å². The summed E-state index contributed by atoms with van der Waals surface area (Å²) in [5.74, 6) is -0.353. The van der Waals surface area contributed by atoms with Gasteiger partial charge in [-0.2, -0.15) is 0 Å². The summed E-state index contributed by atoms with van der Waals surface area (Å²) in [7, 11) is 0. The van der Waals surface area contributed by atoms with Gasteiger partial charge in [-0.1, -0.05) is 0 Å². The van der Waals surface area contributed by atoms with E-state index < -0.39 is 17.9 Å². The Labute approximate surface area is 135 Å². The molecule has 1 fully saturated rings. The molecule has 1 aliphatic heterocycles. The van der Waals surface area contributed by atoms with Crippen molar-refractivity contribution in [3.8, 4) is 0 Å². The number of piperazine rings is 1. The first-order valence-corrected chi connectivity index (χ1v) is 7.51. The molecule has 2 N–H and O–H groups in total. The van der Waals surface area contributed by atoms with Crippen LogP contribution in [0, 0.1) is 0 Å². The fourth-order valence-electron chi connectivity index (χ4n) is 2.16. The Bertz CT molecular complexity index is 530. The number of aliphatic hydroxyl groups excluding tert-OH is 1. The first kappa shape index (κ1) is 17.3. The number of hydrogen-bond acceptors (Lipinski definition) is 6. The van der Waals surface area contributed by atoms with Gasteiger partial charge in [0, 0.05) is 26.2 Å². The van der Waals surface area contributed by atoms with Crippen molar-refractivity contribution >= 4 is 12.0 Å². The smallest absolute Gasteiger partial charge is 0.410 e. The fourth-order valence-corrected chi connectivity index (χ4v) is 2.16. The molecule has 0 radical (unpaired) electrons. The molecule has 8 heteroatoms. The van der Waals surface area contributed by atoms with Crippen molar-refractivity contribution in [1.29, 1.82) is 0 Å². The van der Waals surface area contributed by atoms with Gasteiger partial charge in [0.15, 0.2) is 12.1 Å². The van der Waals surface area contributed by atoms with Crippen molar-refractivity contribution in [2.24, 2.45) is 0 Å². The minimum absolute atomic E-state index is 0.136. The van der Waals surface area contributed by atoms with E-state index in [-0.39, 0.29) is 11.9 Å². The van der Waals surface area contributed by atoms with E-state index in [1.165, 1.54) is 12.3 Å². The lowest BCUT2D eigenvalue weighted by molar-refractivity contribution is -0.0465. The molecule has 1 unspecified atom stereocenters. The number of aliphatic hydroxyl groups is 1. The summed E-state index contributed by atoms with van der Waals surface area (Å²) < 4.78 is 10.3. The average Bonchev–Trinajstić information content (AvgIpc) is 3.00.